The number of amides is 1. The van der Waals surface area contributed by atoms with Gasteiger partial charge in [0.25, 0.3) is 5.91 Å². The van der Waals surface area contributed by atoms with Gasteiger partial charge in [0.2, 0.25) is 0 Å². The van der Waals surface area contributed by atoms with E-state index in [0.717, 1.165) is 24.6 Å². The number of furan rings is 1. The van der Waals surface area contributed by atoms with Crippen LogP contribution in [0.25, 0.3) is 11.0 Å². The van der Waals surface area contributed by atoms with Crippen LogP contribution in [-0.2, 0) is 10.8 Å². The number of para-hydroxylation sites is 1. The van der Waals surface area contributed by atoms with Crippen LogP contribution in [-0.4, -0.2) is 27.7 Å². The van der Waals surface area contributed by atoms with E-state index in [2.05, 4.69) is 5.32 Å². The predicted molar refractivity (Wildman–Crippen MR) is 79.2 cm³/mol. The molecular weight excluding hydrogens is 274 g/mol. The standard InChI is InChI=1S/C15H17NO3S/c1-20(18)15(7-4-8-15)10-16-14(17)13-9-11-5-2-3-6-12(11)19-13/h2-3,5-6,9H,4,7-8,10H2,1H3,(H,16,17). The second kappa shape index (κ2) is 5.05. The van der Waals surface area contributed by atoms with Gasteiger partial charge in [0.15, 0.2) is 5.76 Å². The molecule has 5 heteroatoms. The van der Waals surface area contributed by atoms with Gasteiger partial charge in [-0.05, 0) is 25.0 Å². The van der Waals surface area contributed by atoms with Crippen LogP contribution in [0.1, 0.15) is 29.8 Å². The molecule has 1 unspecified atom stereocenters. The molecule has 2 aromatic rings. The molecule has 1 saturated carbocycles. The normalized spacial score (nSPS) is 18.4. The highest BCUT2D eigenvalue weighted by Crippen LogP contribution is 2.36. The Morgan fingerprint density at radius 2 is 2.15 bits per heavy atom. The maximum atomic E-state index is 12.1. The van der Waals surface area contributed by atoms with Crippen molar-refractivity contribution in [1.29, 1.82) is 0 Å². The zero-order chi connectivity index (χ0) is 14.2. The first-order valence-corrected chi connectivity index (χ1v) is 8.27. The summed E-state index contributed by atoms with van der Waals surface area (Å²) in [6.45, 7) is 0.450. The van der Waals surface area contributed by atoms with Gasteiger partial charge in [-0.15, -0.1) is 0 Å². The number of carbonyl (C=O) groups is 1. The number of benzene rings is 1. The third-order valence-electron chi connectivity index (χ3n) is 4.10. The summed E-state index contributed by atoms with van der Waals surface area (Å²) in [5, 5.41) is 3.77. The van der Waals surface area contributed by atoms with Crippen molar-refractivity contribution >= 4 is 27.7 Å². The van der Waals surface area contributed by atoms with Crippen LogP contribution in [0.4, 0.5) is 0 Å². The largest absolute Gasteiger partial charge is 0.451 e. The lowest BCUT2D eigenvalue weighted by atomic mass is 9.84. The smallest absolute Gasteiger partial charge is 0.287 e. The van der Waals surface area contributed by atoms with Crippen LogP contribution in [0.2, 0.25) is 0 Å². The Labute approximate surface area is 120 Å². The van der Waals surface area contributed by atoms with Crippen LogP contribution in [0.5, 0.6) is 0 Å². The molecule has 1 heterocycles. The fraction of sp³-hybridized carbons (Fsp3) is 0.400. The van der Waals surface area contributed by atoms with E-state index in [1.54, 1.807) is 12.3 Å². The van der Waals surface area contributed by atoms with E-state index in [-0.39, 0.29) is 10.7 Å². The van der Waals surface area contributed by atoms with Crippen molar-refractivity contribution in [3.05, 3.63) is 36.1 Å². The molecule has 106 valence electrons. The Morgan fingerprint density at radius 1 is 1.40 bits per heavy atom. The molecule has 20 heavy (non-hydrogen) atoms. The quantitative estimate of drug-likeness (QED) is 0.941. The van der Waals surface area contributed by atoms with Crippen LogP contribution in [0, 0.1) is 0 Å². The lowest BCUT2D eigenvalue weighted by molar-refractivity contribution is 0.0918. The minimum Gasteiger partial charge on any atom is -0.451 e. The summed E-state index contributed by atoms with van der Waals surface area (Å²) in [6, 6.07) is 9.26. The van der Waals surface area contributed by atoms with Gasteiger partial charge >= 0.3 is 0 Å². The van der Waals surface area contributed by atoms with Gasteiger partial charge in [0.1, 0.15) is 5.58 Å². The summed E-state index contributed by atoms with van der Waals surface area (Å²) in [7, 11) is -0.915. The second-order valence-corrected chi connectivity index (χ2v) is 7.10. The van der Waals surface area contributed by atoms with Crippen molar-refractivity contribution in [3.8, 4) is 0 Å². The highest BCUT2D eigenvalue weighted by atomic mass is 32.2. The zero-order valence-electron chi connectivity index (χ0n) is 11.3. The SMILES string of the molecule is CS(=O)C1(CNC(=O)c2cc3ccccc3o2)CCC1. The Bertz CT molecular complexity index is 640. The van der Waals surface area contributed by atoms with Crippen LogP contribution >= 0.6 is 0 Å². The molecule has 0 aliphatic heterocycles. The minimum atomic E-state index is -0.915. The molecule has 1 aromatic carbocycles. The van der Waals surface area contributed by atoms with E-state index < -0.39 is 10.8 Å². The lowest BCUT2D eigenvalue weighted by Gasteiger charge is -2.39. The van der Waals surface area contributed by atoms with Crippen LogP contribution in [0.15, 0.2) is 34.7 Å². The van der Waals surface area contributed by atoms with Gasteiger partial charge in [0, 0.05) is 29.0 Å². The number of hydrogen-bond donors (Lipinski definition) is 1. The zero-order valence-corrected chi connectivity index (χ0v) is 12.2. The second-order valence-electron chi connectivity index (χ2n) is 5.32. The van der Waals surface area contributed by atoms with Crippen molar-refractivity contribution in [3.63, 3.8) is 0 Å². The number of carbonyl (C=O) groups excluding carboxylic acids is 1. The fourth-order valence-electron chi connectivity index (χ4n) is 2.56. The van der Waals surface area contributed by atoms with Gasteiger partial charge in [-0.25, -0.2) is 0 Å². The maximum Gasteiger partial charge on any atom is 0.287 e. The van der Waals surface area contributed by atoms with Crippen molar-refractivity contribution in [2.75, 3.05) is 12.8 Å². The van der Waals surface area contributed by atoms with Crippen LogP contribution < -0.4 is 5.32 Å². The molecule has 1 aromatic heterocycles. The third kappa shape index (κ3) is 2.26. The minimum absolute atomic E-state index is 0.234. The molecule has 0 spiro atoms. The molecule has 1 amide bonds. The summed E-state index contributed by atoms with van der Waals surface area (Å²) in [5.74, 6) is 0.0699. The van der Waals surface area contributed by atoms with E-state index in [0.29, 0.717) is 17.9 Å². The van der Waals surface area contributed by atoms with E-state index in [9.17, 15) is 9.00 Å². The van der Waals surface area contributed by atoms with Crippen molar-refractivity contribution in [2.24, 2.45) is 0 Å². The molecule has 1 N–H and O–H groups in total. The Balaban J connectivity index is 1.71. The van der Waals surface area contributed by atoms with Crippen molar-refractivity contribution in [2.45, 2.75) is 24.0 Å². The number of nitrogens with one attached hydrogen (secondary N) is 1. The summed E-state index contributed by atoms with van der Waals surface area (Å²) in [5.41, 5.74) is 0.704. The Morgan fingerprint density at radius 3 is 2.75 bits per heavy atom. The topological polar surface area (TPSA) is 59.3 Å². The molecule has 3 rings (SSSR count). The highest BCUT2D eigenvalue weighted by Gasteiger charge is 2.41. The molecule has 1 atom stereocenters. The lowest BCUT2D eigenvalue weighted by Crippen LogP contribution is -2.50. The third-order valence-corrected chi connectivity index (χ3v) is 5.87. The first-order chi connectivity index (χ1) is 9.61. The van der Waals surface area contributed by atoms with Crippen LogP contribution in [0.3, 0.4) is 0 Å². The van der Waals surface area contributed by atoms with Gasteiger partial charge < -0.3 is 9.73 Å². The number of hydrogen-bond acceptors (Lipinski definition) is 3. The average molecular weight is 291 g/mol. The molecule has 0 saturated heterocycles. The molecule has 1 aliphatic carbocycles. The van der Waals surface area contributed by atoms with Gasteiger partial charge in [-0.3, -0.25) is 9.00 Å². The van der Waals surface area contributed by atoms with Crippen molar-refractivity contribution < 1.29 is 13.4 Å². The van der Waals surface area contributed by atoms with Gasteiger partial charge in [-0.1, -0.05) is 24.6 Å². The fourth-order valence-corrected chi connectivity index (χ4v) is 3.70. The maximum absolute atomic E-state index is 12.1. The first kappa shape index (κ1) is 13.4. The van der Waals surface area contributed by atoms with E-state index in [1.165, 1.54) is 0 Å². The van der Waals surface area contributed by atoms with Gasteiger partial charge in [-0.2, -0.15) is 0 Å². The Hall–Kier alpha value is -1.62. The summed E-state index contributed by atoms with van der Waals surface area (Å²) >= 11 is 0. The Kier molecular flexibility index (Phi) is 3.38. The summed E-state index contributed by atoms with van der Waals surface area (Å²) < 4.78 is 17.1. The van der Waals surface area contributed by atoms with E-state index in [1.807, 2.05) is 24.3 Å². The predicted octanol–water partition coefficient (Wildman–Crippen LogP) is 2.46. The first-order valence-electron chi connectivity index (χ1n) is 6.71. The number of rotatable bonds is 4. The molecular formula is C15H17NO3S. The van der Waals surface area contributed by atoms with E-state index >= 15 is 0 Å². The average Bonchev–Trinajstić information content (AvgIpc) is 2.80. The van der Waals surface area contributed by atoms with Crippen molar-refractivity contribution in [1.82, 2.24) is 5.32 Å². The molecule has 4 nitrogen and oxygen atoms in total. The molecule has 0 bridgehead atoms. The number of fused-ring (bicyclic) bond motifs is 1. The summed E-state index contributed by atoms with van der Waals surface area (Å²) in [6.07, 6.45) is 4.62. The molecule has 1 fully saturated rings. The van der Waals surface area contributed by atoms with E-state index in [4.69, 9.17) is 4.42 Å². The summed E-state index contributed by atoms with van der Waals surface area (Å²) in [4.78, 5) is 12.1. The monoisotopic (exact) mass is 291 g/mol. The highest BCUT2D eigenvalue weighted by molar-refractivity contribution is 7.85. The molecule has 0 radical (unpaired) electrons. The van der Waals surface area contributed by atoms with Gasteiger partial charge in [0.05, 0.1) is 4.75 Å². The molecule has 1 aliphatic rings.